The number of nitrogens with zero attached hydrogens (tertiary/aromatic N) is 1. The molecule has 0 bridgehead atoms. The van der Waals surface area contributed by atoms with E-state index in [-0.39, 0.29) is 11.5 Å². The molecule has 130 valence electrons. The fourth-order valence-corrected chi connectivity index (χ4v) is 3.92. The van der Waals surface area contributed by atoms with E-state index < -0.39 is 17.2 Å². The molecule has 1 amide bonds. The van der Waals surface area contributed by atoms with Crippen LogP contribution in [0.3, 0.4) is 0 Å². The number of carbonyl (C=O) groups is 2. The van der Waals surface area contributed by atoms with Crippen molar-refractivity contribution in [2.75, 3.05) is 19.1 Å². The van der Waals surface area contributed by atoms with Crippen LogP contribution in [0.1, 0.15) is 11.1 Å². The van der Waals surface area contributed by atoms with Gasteiger partial charge in [-0.25, -0.2) is 9.18 Å². The van der Waals surface area contributed by atoms with E-state index in [0.29, 0.717) is 16.8 Å². The molecule has 1 aliphatic heterocycles. The summed E-state index contributed by atoms with van der Waals surface area (Å²) in [6.45, 7) is 0. The largest absolute Gasteiger partial charge is 0.466 e. The molecule has 5 heteroatoms. The van der Waals surface area contributed by atoms with Crippen molar-refractivity contribution < 1.29 is 18.7 Å². The van der Waals surface area contributed by atoms with E-state index in [0.717, 1.165) is 5.56 Å². The molecule has 2 aromatic carbocycles. The maximum atomic E-state index is 14.1. The highest BCUT2D eigenvalue weighted by Crippen LogP contribution is 2.56. The lowest BCUT2D eigenvalue weighted by molar-refractivity contribution is -0.137. The Bertz CT molecular complexity index is 994. The lowest BCUT2D eigenvalue weighted by Crippen LogP contribution is -2.42. The summed E-state index contributed by atoms with van der Waals surface area (Å²) in [6, 6.07) is 13.5. The van der Waals surface area contributed by atoms with E-state index in [4.69, 9.17) is 4.74 Å². The van der Waals surface area contributed by atoms with Gasteiger partial charge in [0, 0.05) is 18.3 Å². The van der Waals surface area contributed by atoms with E-state index in [1.807, 2.05) is 30.3 Å². The molecule has 0 saturated carbocycles. The number of anilines is 1. The van der Waals surface area contributed by atoms with Gasteiger partial charge in [-0.3, -0.25) is 4.79 Å². The molecule has 0 radical (unpaired) electrons. The first-order valence-corrected chi connectivity index (χ1v) is 8.16. The Kier molecular flexibility index (Phi) is 3.54. The molecule has 0 N–H and O–H groups in total. The molecule has 26 heavy (non-hydrogen) atoms. The van der Waals surface area contributed by atoms with Gasteiger partial charge in [-0.2, -0.15) is 0 Å². The van der Waals surface area contributed by atoms with Crippen molar-refractivity contribution in [2.45, 2.75) is 5.41 Å². The number of carbonyl (C=O) groups excluding carboxylic acids is 2. The molecule has 1 spiro atoms. The van der Waals surface area contributed by atoms with E-state index in [1.54, 1.807) is 25.3 Å². The number of halogens is 1. The van der Waals surface area contributed by atoms with Crippen molar-refractivity contribution in [1.29, 1.82) is 0 Å². The number of ether oxygens (including phenoxy) is 1. The predicted molar refractivity (Wildman–Crippen MR) is 96.0 cm³/mol. The summed E-state index contributed by atoms with van der Waals surface area (Å²) in [6.07, 6.45) is 3.34. The van der Waals surface area contributed by atoms with Crippen LogP contribution in [0.15, 0.2) is 66.3 Å². The summed E-state index contributed by atoms with van der Waals surface area (Å²) in [5, 5.41) is 0. The molecule has 1 aliphatic carbocycles. The second-order valence-electron chi connectivity index (χ2n) is 6.29. The Hall–Kier alpha value is -3.21. The normalized spacial score (nSPS) is 20.9. The zero-order valence-electron chi connectivity index (χ0n) is 14.3. The second-order valence-corrected chi connectivity index (χ2v) is 6.29. The quantitative estimate of drug-likeness (QED) is 0.782. The molecule has 4 nitrogen and oxygen atoms in total. The third kappa shape index (κ3) is 1.94. The van der Waals surface area contributed by atoms with Crippen LogP contribution in [0, 0.1) is 5.82 Å². The summed E-state index contributed by atoms with van der Waals surface area (Å²) in [5.41, 5.74) is 1.26. The average Bonchev–Trinajstić information content (AvgIpc) is 3.16. The Morgan fingerprint density at radius 2 is 1.85 bits per heavy atom. The number of hydrogen-bond acceptors (Lipinski definition) is 3. The molecule has 2 aliphatic rings. The van der Waals surface area contributed by atoms with Crippen LogP contribution in [0.25, 0.3) is 5.57 Å². The van der Waals surface area contributed by atoms with Crippen LogP contribution in [0.5, 0.6) is 0 Å². The summed E-state index contributed by atoms with van der Waals surface area (Å²) < 4.78 is 19.0. The highest BCUT2D eigenvalue weighted by atomic mass is 19.1. The molecular formula is C21H16FNO3. The Labute approximate surface area is 150 Å². The third-order valence-corrected chi connectivity index (χ3v) is 5.06. The lowest BCUT2D eigenvalue weighted by atomic mass is 9.70. The van der Waals surface area contributed by atoms with E-state index in [9.17, 15) is 14.0 Å². The van der Waals surface area contributed by atoms with E-state index in [1.165, 1.54) is 24.1 Å². The highest BCUT2D eigenvalue weighted by molar-refractivity contribution is 6.24. The molecule has 0 aromatic heterocycles. The second kappa shape index (κ2) is 5.66. The number of methoxy groups -OCH3 is 1. The van der Waals surface area contributed by atoms with Crippen LogP contribution < -0.4 is 4.90 Å². The van der Waals surface area contributed by atoms with E-state index >= 15 is 0 Å². The summed E-state index contributed by atoms with van der Waals surface area (Å²) in [7, 11) is 2.90. The van der Waals surface area contributed by atoms with Crippen molar-refractivity contribution in [1.82, 2.24) is 0 Å². The summed E-state index contributed by atoms with van der Waals surface area (Å²) in [5.74, 6) is -1.37. The smallest absolute Gasteiger partial charge is 0.335 e. The minimum absolute atomic E-state index is 0.194. The van der Waals surface area contributed by atoms with Crippen molar-refractivity contribution in [3.8, 4) is 0 Å². The molecule has 1 atom stereocenters. The van der Waals surface area contributed by atoms with Gasteiger partial charge in [0.05, 0.1) is 12.7 Å². The van der Waals surface area contributed by atoms with Gasteiger partial charge in [0.2, 0.25) is 5.91 Å². The molecule has 4 rings (SSSR count). The number of hydrogen-bond donors (Lipinski definition) is 0. The van der Waals surface area contributed by atoms with Crippen LogP contribution in [-0.4, -0.2) is 26.0 Å². The zero-order chi connectivity index (χ0) is 18.5. The predicted octanol–water partition coefficient (Wildman–Crippen LogP) is 3.24. The van der Waals surface area contributed by atoms with Gasteiger partial charge in [-0.05, 0) is 35.4 Å². The zero-order valence-corrected chi connectivity index (χ0v) is 14.3. The highest BCUT2D eigenvalue weighted by Gasteiger charge is 2.58. The lowest BCUT2D eigenvalue weighted by Gasteiger charge is -2.29. The third-order valence-electron chi connectivity index (χ3n) is 5.06. The average molecular weight is 349 g/mol. The van der Waals surface area contributed by atoms with Gasteiger partial charge in [0.1, 0.15) is 11.2 Å². The van der Waals surface area contributed by atoms with Gasteiger partial charge in [0.25, 0.3) is 0 Å². The van der Waals surface area contributed by atoms with Crippen molar-refractivity contribution >= 4 is 23.1 Å². The van der Waals surface area contributed by atoms with Gasteiger partial charge >= 0.3 is 5.97 Å². The first kappa shape index (κ1) is 16.3. The maximum absolute atomic E-state index is 14.1. The van der Waals surface area contributed by atoms with Gasteiger partial charge in [-0.15, -0.1) is 0 Å². The molecule has 0 fully saturated rings. The van der Waals surface area contributed by atoms with Crippen molar-refractivity contribution in [3.05, 3.63) is 83.2 Å². The Morgan fingerprint density at radius 3 is 2.54 bits per heavy atom. The molecule has 2 aromatic rings. The summed E-state index contributed by atoms with van der Waals surface area (Å²) >= 11 is 0. The molecule has 0 unspecified atom stereocenters. The molecule has 0 saturated heterocycles. The molecular weight excluding hydrogens is 333 g/mol. The SMILES string of the molecule is COC(=O)C1=CC=C(c2ccccc2)[C@]12C(=O)N(C)c1ccc(F)cc12. The van der Waals surface area contributed by atoms with Crippen LogP contribution in [0.2, 0.25) is 0 Å². The number of benzene rings is 2. The Morgan fingerprint density at radius 1 is 1.12 bits per heavy atom. The van der Waals surface area contributed by atoms with Crippen LogP contribution in [-0.2, 0) is 19.7 Å². The first-order valence-electron chi connectivity index (χ1n) is 8.16. The number of likely N-dealkylation sites (N-methyl/N-ethyl adjacent to an activating group) is 1. The number of esters is 1. The van der Waals surface area contributed by atoms with Gasteiger partial charge in [-0.1, -0.05) is 36.4 Å². The van der Waals surface area contributed by atoms with Crippen molar-refractivity contribution in [3.63, 3.8) is 0 Å². The fraction of sp³-hybridized carbons (Fsp3) is 0.143. The molecule has 1 heterocycles. The topological polar surface area (TPSA) is 46.6 Å². The van der Waals surface area contributed by atoms with Gasteiger partial charge < -0.3 is 9.64 Å². The number of rotatable bonds is 2. The van der Waals surface area contributed by atoms with Crippen LogP contribution in [0.4, 0.5) is 10.1 Å². The minimum Gasteiger partial charge on any atom is -0.466 e. The minimum atomic E-state index is -1.40. The maximum Gasteiger partial charge on any atom is 0.335 e. The van der Waals surface area contributed by atoms with E-state index in [2.05, 4.69) is 0 Å². The fourth-order valence-electron chi connectivity index (χ4n) is 3.92. The number of fused-ring (bicyclic) bond motifs is 2. The first-order chi connectivity index (χ1) is 12.5. The van der Waals surface area contributed by atoms with Crippen LogP contribution >= 0.6 is 0 Å². The number of allylic oxidation sites excluding steroid dienone is 2. The Balaban J connectivity index is 2.05. The summed E-state index contributed by atoms with van der Waals surface area (Å²) in [4.78, 5) is 27.4. The van der Waals surface area contributed by atoms with Gasteiger partial charge in [0.15, 0.2) is 0 Å². The van der Waals surface area contributed by atoms with Crippen molar-refractivity contribution in [2.24, 2.45) is 0 Å². The standard InChI is InChI=1S/C21H16FNO3/c1-23-18-11-8-14(22)12-17(18)21(20(23)25)15(13-6-4-3-5-7-13)9-10-16(21)19(24)26-2/h3-12H,1-2H3/t21-/m0/s1. The monoisotopic (exact) mass is 349 g/mol. The number of amides is 1.